The molecular weight excluding hydrogens is 228 g/mol. The van der Waals surface area contributed by atoms with Crippen LogP contribution in [0.2, 0.25) is 0 Å². The maximum atomic E-state index is 11.8. The predicted octanol–water partition coefficient (Wildman–Crippen LogP) is 1.48. The summed E-state index contributed by atoms with van der Waals surface area (Å²) in [6.45, 7) is 0.415. The van der Waals surface area contributed by atoms with E-state index in [1.165, 1.54) is 6.33 Å². The number of aromatic nitrogens is 3. The molecule has 0 bridgehead atoms. The largest absolute Gasteiger partial charge is 0.335 e. The Morgan fingerprint density at radius 1 is 1.39 bits per heavy atom. The lowest BCUT2D eigenvalue weighted by Crippen LogP contribution is -2.24. The summed E-state index contributed by atoms with van der Waals surface area (Å²) in [5, 5.41) is 6.45. The van der Waals surface area contributed by atoms with Gasteiger partial charge < -0.3 is 4.90 Å². The average molecular weight is 242 g/mol. The third kappa shape index (κ3) is 3.28. The molecule has 0 saturated heterocycles. The van der Waals surface area contributed by atoms with E-state index in [1.54, 1.807) is 24.1 Å². The lowest BCUT2D eigenvalue weighted by Gasteiger charge is -2.12. The van der Waals surface area contributed by atoms with Crippen LogP contribution in [-0.2, 0) is 11.3 Å². The molecule has 0 aliphatic rings. The third-order valence-electron chi connectivity index (χ3n) is 2.45. The van der Waals surface area contributed by atoms with Gasteiger partial charge in [0, 0.05) is 13.1 Å². The van der Waals surface area contributed by atoms with Crippen molar-refractivity contribution in [3.8, 4) is 0 Å². The summed E-state index contributed by atoms with van der Waals surface area (Å²) in [6.07, 6.45) is 4.76. The second-order valence-corrected chi connectivity index (χ2v) is 3.87. The van der Waals surface area contributed by atoms with Crippen molar-refractivity contribution in [2.24, 2.45) is 0 Å². The molecule has 1 heterocycles. The molecule has 0 unspecified atom stereocenters. The molecule has 5 nitrogen and oxygen atoms in total. The summed E-state index contributed by atoms with van der Waals surface area (Å²) in [4.78, 5) is 17.4. The van der Waals surface area contributed by atoms with Gasteiger partial charge in [0.25, 0.3) is 0 Å². The first-order chi connectivity index (χ1) is 8.75. The number of aromatic amines is 1. The van der Waals surface area contributed by atoms with Gasteiger partial charge in [0.05, 0.1) is 6.54 Å². The normalized spacial score (nSPS) is 10.7. The fourth-order valence-electron chi connectivity index (χ4n) is 1.47. The highest BCUT2D eigenvalue weighted by Crippen LogP contribution is 2.02. The summed E-state index contributed by atoms with van der Waals surface area (Å²) < 4.78 is 0. The highest BCUT2D eigenvalue weighted by Gasteiger charge is 2.06. The van der Waals surface area contributed by atoms with E-state index < -0.39 is 0 Å². The van der Waals surface area contributed by atoms with Crippen molar-refractivity contribution < 1.29 is 4.79 Å². The highest BCUT2D eigenvalue weighted by atomic mass is 16.2. The lowest BCUT2D eigenvalue weighted by molar-refractivity contribution is -0.125. The molecule has 5 heteroatoms. The minimum atomic E-state index is -0.0738. The number of H-pyrrole nitrogens is 1. The van der Waals surface area contributed by atoms with Gasteiger partial charge in [-0.15, -0.1) is 0 Å². The maximum absolute atomic E-state index is 11.8. The molecule has 0 fully saturated rings. The van der Waals surface area contributed by atoms with Crippen LogP contribution in [0.1, 0.15) is 11.4 Å². The first kappa shape index (κ1) is 12.0. The summed E-state index contributed by atoms with van der Waals surface area (Å²) in [7, 11) is 1.72. The monoisotopic (exact) mass is 242 g/mol. The predicted molar refractivity (Wildman–Crippen MR) is 68.3 cm³/mol. The summed E-state index contributed by atoms with van der Waals surface area (Å²) in [5.74, 6) is 0.592. The van der Waals surface area contributed by atoms with Crippen molar-refractivity contribution in [1.29, 1.82) is 0 Å². The zero-order valence-corrected chi connectivity index (χ0v) is 10.1. The van der Waals surface area contributed by atoms with E-state index in [4.69, 9.17) is 0 Å². The Hall–Kier alpha value is -2.43. The van der Waals surface area contributed by atoms with Crippen molar-refractivity contribution >= 4 is 12.0 Å². The van der Waals surface area contributed by atoms with E-state index in [-0.39, 0.29) is 5.91 Å². The van der Waals surface area contributed by atoms with Gasteiger partial charge in [0.1, 0.15) is 12.2 Å². The lowest BCUT2D eigenvalue weighted by atomic mass is 10.2. The number of benzene rings is 1. The number of amides is 1. The maximum Gasteiger partial charge on any atom is 0.246 e. The van der Waals surface area contributed by atoms with Crippen molar-refractivity contribution in [1.82, 2.24) is 20.1 Å². The van der Waals surface area contributed by atoms with Crippen molar-refractivity contribution in [2.45, 2.75) is 6.54 Å². The van der Waals surface area contributed by atoms with Gasteiger partial charge in [-0.3, -0.25) is 9.89 Å². The van der Waals surface area contributed by atoms with Crippen molar-refractivity contribution in [3.05, 3.63) is 54.1 Å². The number of nitrogens with zero attached hydrogens (tertiary/aromatic N) is 3. The summed E-state index contributed by atoms with van der Waals surface area (Å²) in [6, 6.07) is 9.69. The Balaban J connectivity index is 1.93. The molecule has 0 saturated carbocycles. The van der Waals surface area contributed by atoms with E-state index in [0.717, 1.165) is 5.56 Å². The minimum Gasteiger partial charge on any atom is -0.335 e. The van der Waals surface area contributed by atoms with Crippen molar-refractivity contribution in [3.63, 3.8) is 0 Å². The number of hydrogen-bond acceptors (Lipinski definition) is 3. The number of carbonyl (C=O) groups excluding carboxylic acids is 1. The molecule has 1 aromatic heterocycles. The van der Waals surface area contributed by atoms with E-state index in [9.17, 15) is 4.79 Å². The van der Waals surface area contributed by atoms with Crippen LogP contribution in [0.5, 0.6) is 0 Å². The van der Waals surface area contributed by atoms with E-state index in [0.29, 0.717) is 12.4 Å². The van der Waals surface area contributed by atoms with E-state index >= 15 is 0 Å². The molecule has 0 aliphatic heterocycles. The third-order valence-corrected chi connectivity index (χ3v) is 2.45. The van der Waals surface area contributed by atoms with Gasteiger partial charge in [0.2, 0.25) is 5.91 Å². The summed E-state index contributed by atoms with van der Waals surface area (Å²) >= 11 is 0. The number of rotatable bonds is 4. The van der Waals surface area contributed by atoms with Crippen LogP contribution >= 0.6 is 0 Å². The second-order valence-electron chi connectivity index (χ2n) is 3.87. The van der Waals surface area contributed by atoms with Gasteiger partial charge >= 0.3 is 0 Å². The molecule has 0 aliphatic carbocycles. The fraction of sp³-hybridized carbons (Fsp3) is 0.154. The SMILES string of the molecule is CN(Cc1ncn[nH]1)C(=O)C=Cc1ccccc1. The molecule has 0 spiro atoms. The minimum absolute atomic E-state index is 0.0738. The Morgan fingerprint density at radius 3 is 2.83 bits per heavy atom. The second kappa shape index (κ2) is 5.77. The molecule has 0 radical (unpaired) electrons. The molecule has 18 heavy (non-hydrogen) atoms. The van der Waals surface area contributed by atoms with Crippen LogP contribution in [0.4, 0.5) is 0 Å². The Kier molecular flexibility index (Phi) is 3.86. The molecule has 1 aromatic carbocycles. The van der Waals surface area contributed by atoms with Gasteiger partial charge in [0.15, 0.2) is 0 Å². The molecule has 0 atom stereocenters. The first-order valence-electron chi connectivity index (χ1n) is 5.58. The van der Waals surface area contributed by atoms with E-state index in [2.05, 4.69) is 15.2 Å². The molecule has 92 valence electrons. The first-order valence-corrected chi connectivity index (χ1v) is 5.58. The zero-order chi connectivity index (χ0) is 12.8. The molecule has 2 aromatic rings. The zero-order valence-electron chi connectivity index (χ0n) is 10.1. The molecule has 2 rings (SSSR count). The van der Waals surface area contributed by atoms with Gasteiger partial charge in [-0.2, -0.15) is 5.10 Å². The van der Waals surface area contributed by atoms with Crippen LogP contribution in [-0.4, -0.2) is 33.0 Å². The average Bonchev–Trinajstić information content (AvgIpc) is 2.90. The Labute approximate surface area is 105 Å². The smallest absolute Gasteiger partial charge is 0.246 e. The van der Waals surface area contributed by atoms with Crippen LogP contribution in [0.25, 0.3) is 6.08 Å². The number of nitrogens with one attached hydrogen (secondary N) is 1. The topological polar surface area (TPSA) is 61.9 Å². The number of hydrogen-bond donors (Lipinski definition) is 1. The van der Waals surface area contributed by atoms with Crippen LogP contribution in [0, 0.1) is 0 Å². The van der Waals surface area contributed by atoms with Crippen LogP contribution < -0.4 is 0 Å². The quantitative estimate of drug-likeness (QED) is 0.826. The van der Waals surface area contributed by atoms with Crippen molar-refractivity contribution in [2.75, 3.05) is 7.05 Å². The molecule has 1 N–H and O–H groups in total. The van der Waals surface area contributed by atoms with Gasteiger partial charge in [-0.25, -0.2) is 4.98 Å². The molecular formula is C13H14N4O. The number of likely N-dealkylation sites (N-methyl/N-ethyl adjacent to an activating group) is 1. The number of carbonyl (C=O) groups is 1. The Bertz CT molecular complexity index is 519. The summed E-state index contributed by atoms with van der Waals surface area (Å²) in [5.41, 5.74) is 0.999. The van der Waals surface area contributed by atoms with Crippen LogP contribution in [0.3, 0.4) is 0 Å². The highest BCUT2D eigenvalue weighted by molar-refractivity contribution is 5.91. The molecule has 1 amide bonds. The standard InChI is InChI=1S/C13H14N4O/c1-17(9-12-14-10-15-16-12)13(18)8-7-11-5-3-2-4-6-11/h2-8,10H,9H2,1H3,(H,14,15,16). The van der Waals surface area contributed by atoms with E-state index in [1.807, 2.05) is 30.3 Å². The van der Waals surface area contributed by atoms with Crippen LogP contribution in [0.15, 0.2) is 42.7 Å². The van der Waals surface area contributed by atoms with Gasteiger partial charge in [-0.1, -0.05) is 30.3 Å². The fourth-order valence-corrected chi connectivity index (χ4v) is 1.47. The Morgan fingerprint density at radius 2 is 2.17 bits per heavy atom. The van der Waals surface area contributed by atoms with Gasteiger partial charge in [-0.05, 0) is 11.6 Å².